The number of nitro benzene ring substituents is 1. The third-order valence-electron chi connectivity index (χ3n) is 3.88. The third kappa shape index (κ3) is 2.09. The fourth-order valence-corrected chi connectivity index (χ4v) is 2.90. The zero-order valence-corrected chi connectivity index (χ0v) is 10.6. The Morgan fingerprint density at radius 2 is 2.25 bits per heavy atom. The first-order chi connectivity index (χ1) is 9.56. The van der Waals surface area contributed by atoms with Gasteiger partial charge < -0.3 is 15.2 Å². The highest BCUT2D eigenvalue weighted by molar-refractivity contribution is 5.98. The number of hydrogen-bond donors (Lipinski definition) is 2. The number of carbonyl (C=O) groups is 1. The molecule has 2 heterocycles. The second kappa shape index (κ2) is 4.75. The number of ether oxygens (including phenoxy) is 1. The molecule has 2 aliphatic rings. The quantitative estimate of drug-likeness (QED) is 0.642. The van der Waals surface area contributed by atoms with Gasteiger partial charge in [-0.25, -0.2) is 0 Å². The predicted molar refractivity (Wildman–Crippen MR) is 68.5 cm³/mol. The van der Waals surface area contributed by atoms with Gasteiger partial charge in [-0.1, -0.05) is 6.07 Å². The van der Waals surface area contributed by atoms with Gasteiger partial charge in [0.05, 0.1) is 28.7 Å². The summed E-state index contributed by atoms with van der Waals surface area (Å²) < 4.78 is 5.63. The number of nitro groups is 1. The minimum atomic E-state index is -0.716. The molecule has 20 heavy (non-hydrogen) atoms. The number of aromatic hydroxyl groups is 1. The number of hydrogen-bond acceptors (Lipinski definition) is 5. The minimum absolute atomic E-state index is 0.0183. The maximum Gasteiger partial charge on any atom is 0.311 e. The molecule has 2 saturated heterocycles. The van der Waals surface area contributed by atoms with Crippen molar-refractivity contribution < 1.29 is 19.6 Å². The van der Waals surface area contributed by atoms with Gasteiger partial charge in [-0.15, -0.1) is 0 Å². The van der Waals surface area contributed by atoms with E-state index in [1.807, 2.05) is 0 Å². The fraction of sp³-hybridized carbons (Fsp3) is 0.462. The first-order valence-electron chi connectivity index (χ1n) is 6.49. The van der Waals surface area contributed by atoms with Crippen molar-refractivity contribution in [2.45, 2.75) is 37.5 Å². The lowest BCUT2D eigenvalue weighted by Crippen LogP contribution is -2.41. The van der Waals surface area contributed by atoms with Gasteiger partial charge in [-0.3, -0.25) is 14.9 Å². The molecule has 2 fully saturated rings. The number of benzene rings is 1. The van der Waals surface area contributed by atoms with Crippen molar-refractivity contribution in [1.29, 1.82) is 0 Å². The molecule has 106 valence electrons. The first kappa shape index (κ1) is 12.9. The van der Waals surface area contributed by atoms with Crippen LogP contribution in [0.25, 0.3) is 0 Å². The van der Waals surface area contributed by atoms with Gasteiger partial charge in [0, 0.05) is 6.07 Å². The molecule has 0 unspecified atom stereocenters. The molecule has 0 saturated carbocycles. The van der Waals surface area contributed by atoms with Crippen LogP contribution in [-0.4, -0.2) is 34.2 Å². The van der Waals surface area contributed by atoms with E-state index >= 15 is 0 Å². The van der Waals surface area contributed by atoms with Crippen LogP contribution >= 0.6 is 0 Å². The Morgan fingerprint density at radius 3 is 2.85 bits per heavy atom. The molecule has 0 aromatic heterocycles. The molecule has 7 nitrogen and oxygen atoms in total. The summed E-state index contributed by atoms with van der Waals surface area (Å²) in [6, 6.07) is 3.82. The molecule has 2 N–H and O–H groups in total. The fourth-order valence-electron chi connectivity index (χ4n) is 2.90. The highest BCUT2D eigenvalue weighted by atomic mass is 16.6. The smallest absolute Gasteiger partial charge is 0.311 e. The highest BCUT2D eigenvalue weighted by Gasteiger charge is 2.41. The summed E-state index contributed by atoms with van der Waals surface area (Å²) in [6.45, 7) is 0. The molecule has 1 aromatic carbocycles. The van der Waals surface area contributed by atoms with Crippen molar-refractivity contribution in [3.8, 4) is 5.75 Å². The van der Waals surface area contributed by atoms with Crippen molar-refractivity contribution in [2.24, 2.45) is 0 Å². The van der Waals surface area contributed by atoms with E-state index < -0.39 is 22.3 Å². The van der Waals surface area contributed by atoms with E-state index in [0.717, 1.165) is 25.3 Å². The van der Waals surface area contributed by atoms with E-state index in [-0.39, 0.29) is 23.8 Å². The van der Waals surface area contributed by atoms with E-state index in [9.17, 15) is 20.0 Å². The highest BCUT2D eigenvalue weighted by Crippen LogP contribution is 2.35. The monoisotopic (exact) mass is 278 g/mol. The summed E-state index contributed by atoms with van der Waals surface area (Å²) in [5, 5.41) is 23.3. The molecule has 1 amide bonds. The minimum Gasteiger partial charge on any atom is -0.502 e. The van der Waals surface area contributed by atoms with E-state index in [2.05, 4.69) is 5.32 Å². The SMILES string of the molecule is O=C(N[C@H]1C[C@H]2CC[C@H]1O2)c1cccc([N+](=O)[O-])c1O. The summed E-state index contributed by atoms with van der Waals surface area (Å²) >= 11 is 0. The van der Waals surface area contributed by atoms with Crippen molar-refractivity contribution in [3.63, 3.8) is 0 Å². The predicted octanol–water partition coefficient (Wildman–Crippen LogP) is 1.35. The van der Waals surface area contributed by atoms with Gasteiger partial charge in [-0.2, -0.15) is 0 Å². The van der Waals surface area contributed by atoms with E-state index in [1.54, 1.807) is 0 Å². The number of amides is 1. The Labute approximate surface area is 114 Å². The van der Waals surface area contributed by atoms with Crippen LogP contribution in [0.15, 0.2) is 18.2 Å². The molecule has 3 atom stereocenters. The number of nitrogens with zero attached hydrogens (tertiary/aromatic N) is 1. The maximum absolute atomic E-state index is 12.1. The lowest BCUT2D eigenvalue weighted by Gasteiger charge is -2.20. The van der Waals surface area contributed by atoms with Crippen molar-refractivity contribution >= 4 is 11.6 Å². The lowest BCUT2D eigenvalue weighted by molar-refractivity contribution is -0.385. The Kier molecular flexibility index (Phi) is 3.06. The van der Waals surface area contributed by atoms with Crippen LogP contribution in [0.1, 0.15) is 29.6 Å². The number of carbonyl (C=O) groups excluding carboxylic acids is 1. The number of nitrogens with one attached hydrogen (secondary N) is 1. The zero-order chi connectivity index (χ0) is 14.3. The molecule has 2 aliphatic heterocycles. The summed E-state index contributed by atoms with van der Waals surface area (Å²) in [5.74, 6) is -1.11. The Bertz CT molecular complexity index is 574. The average molecular weight is 278 g/mol. The topological polar surface area (TPSA) is 102 Å². The van der Waals surface area contributed by atoms with Crippen molar-refractivity contribution in [3.05, 3.63) is 33.9 Å². The van der Waals surface area contributed by atoms with Crippen LogP contribution < -0.4 is 5.32 Å². The molecular formula is C13H14N2O5. The molecule has 0 spiro atoms. The molecule has 0 radical (unpaired) electrons. The van der Waals surface area contributed by atoms with Gasteiger partial charge in [0.15, 0.2) is 0 Å². The Hall–Kier alpha value is -2.15. The number of phenolic OH excluding ortho intramolecular Hbond substituents is 1. The van der Waals surface area contributed by atoms with Crippen LogP contribution in [0.4, 0.5) is 5.69 Å². The summed E-state index contributed by atoms with van der Waals surface area (Å²) in [5.41, 5.74) is -0.552. The molecular weight excluding hydrogens is 264 g/mol. The normalized spacial score (nSPS) is 27.5. The van der Waals surface area contributed by atoms with Gasteiger partial charge in [0.25, 0.3) is 5.91 Å². The van der Waals surface area contributed by atoms with Gasteiger partial charge in [-0.05, 0) is 25.3 Å². The zero-order valence-electron chi connectivity index (χ0n) is 10.6. The summed E-state index contributed by atoms with van der Waals surface area (Å²) in [7, 11) is 0. The summed E-state index contributed by atoms with van der Waals surface area (Å²) in [4.78, 5) is 22.1. The third-order valence-corrected chi connectivity index (χ3v) is 3.88. The summed E-state index contributed by atoms with van der Waals surface area (Å²) in [6.07, 6.45) is 2.90. The van der Waals surface area contributed by atoms with Gasteiger partial charge >= 0.3 is 5.69 Å². The van der Waals surface area contributed by atoms with Crippen LogP contribution in [0.5, 0.6) is 5.75 Å². The number of fused-ring (bicyclic) bond motifs is 2. The standard InChI is InChI=1S/C13H14N2O5/c16-12-8(2-1-3-10(12)15(18)19)13(17)14-9-6-7-4-5-11(9)20-7/h1-3,7,9,11,16H,4-6H2,(H,14,17)/t7-,9+,11-/m1/s1. The van der Waals surface area contributed by atoms with Crippen molar-refractivity contribution in [2.75, 3.05) is 0 Å². The molecule has 1 aromatic rings. The lowest BCUT2D eigenvalue weighted by atomic mass is 9.95. The van der Waals surface area contributed by atoms with Crippen LogP contribution in [0.3, 0.4) is 0 Å². The number of para-hydroxylation sites is 1. The van der Waals surface area contributed by atoms with Crippen LogP contribution in [-0.2, 0) is 4.74 Å². The van der Waals surface area contributed by atoms with Gasteiger partial charge in [0.1, 0.15) is 0 Å². The molecule has 7 heteroatoms. The second-order valence-corrected chi connectivity index (χ2v) is 5.12. The van der Waals surface area contributed by atoms with E-state index in [1.165, 1.54) is 12.1 Å². The largest absolute Gasteiger partial charge is 0.502 e. The van der Waals surface area contributed by atoms with Gasteiger partial charge in [0.2, 0.25) is 5.75 Å². The van der Waals surface area contributed by atoms with Crippen molar-refractivity contribution in [1.82, 2.24) is 5.32 Å². The molecule has 3 rings (SSSR count). The Morgan fingerprint density at radius 1 is 1.45 bits per heavy atom. The van der Waals surface area contributed by atoms with Crippen LogP contribution in [0, 0.1) is 10.1 Å². The van der Waals surface area contributed by atoms with E-state index in [0.29, 0.717) is 0 Å². The number of rotatable bonds is 3. The molecule has 2 bridgehead atoms. The van der Waals surface area contributed by atoms with E-state index in [4.69, 9.17) is 4.74 Å². The molecule has 0 aliphatic carbocycles. The van der Waals surface area contributed by atoms with Crippen LogP contribution in [0.2, 0.25) is 0 Å². The maximum atomic E-state index is 12.1. The Balaban J connectivity index is 1.77. The first-order valence-corrected chi connectivity index (χ1v) is 6.49. The second-order valence-electron chi connectivity index (χ2n) is 5.12. The average Bonchev–Trinajstić information content (AvgIpc) is 3.00. The number of phenols is 1.